The van der Waals surface area contributed by atoms with Crippen LogP contribution in [0.3, 0.4) is 0 Å². The van der Waals surface area contributed by atoms with Gasteiger partial charge in [0.1, 0.15) is 24.0 Å². The number of halogens is 5. The van der Waals surface area contributed by atoms with Crippen molar-refractivity contribution < 1.29 is 39.9 Å². The van der Waals surface area contributed by atoms with Crippen LogP contribution in [0.25, 0.3) is 11.1 Å². The molecule has 0 saturated carbocycles. The molecule has 1 heterocycles. The van der Waals surface area contributed by atoms with E-state index >= 15 is 0 Å². The molecule has 6 nitrogen and oxygen atoms in total. The Bertz CT molecular complexity index is 1380. The molecule has 36 heavy (non-hydrogen) atoms. The normalized spacial score (nSPS) is 13.1. The maximum Gasteiger partial charge on any atom is 0.416 e. The Morgan fingerprint density at radius 2 is 1.72 bits per heavy atom. The van der Waals surface area contributed by atoms with Crippen molar-refractivity contribution >= 4 is 21.6 Å². The van der Waals surface area contributed by atoms with Crippen molar-refractivity contribution in [3.8, 4) is 16.9 Å². The molecule has 0 aromatic heterocycles. The van der Waals surface area contributed by atoms with Gasteiger partial charge in [-0.25, -0.2) is 17.2 Å². The smallest absolute Gasteiger partial charge is 0.416 e. The average Bonchev–Trinajstić information content (AvgIpc) is 2.84. The van der Waals surface area contributed by atoms with Gasteiger partial charge in [-0.2, -0.15) is 13.2 Å². The van der Waals surface area contributed by atoms with Gasteiger partial charge in [-0.15, -0.1) is 0 Å². The average molecular weight is 528 g/mol. The van der Waals surface area contributed by atoms with Gasteiger partial charge < -0.3 is 10.1 Å². The number of nitrogens with one attached hydrogen (secondary N) is 1. The van der Waals surface area contributed by atoms with Crippen LogP contribution < -0.4 is 14.4 Å². The number of sulfonamides is 1. The number of fused-ring (bicyclic) bond motifs is 1. The molecule has 0 aliphatic carbocycles. The van der Waals surface area contributed by atoms with Crippen LogP contribution in [0.4, 0.5) is 27.6 Å². The molecule has 0 bridgehead atoms. The minimum atomic E-state index is -4.71. The first-order chi connectivity index (χ1) is 16.8. The fourth-order valence-electron chi connectivity index (χ4n) is 3.29. The lowest BCUT2D eigenvalue weighted by atomic mass is 10.0. The molecule has 3 aromatic rings. The summed E-state index contributed by atoms with van der Waals surface area (Å²) in [4.78, 5) is 9.16. The molecule has 0 fully saturated rings. The zero-order valence-corrected chi connectivity index (χ0v) is 19.9. The molecule has 1 aliphatic heterocycles. The number of nitrogens with zero attached hydrogens (tertiary/aromatic N) is 1. The number of amides is 1. The van der Waals surface area contributed by atoms with Gasteiger partial charge in [0.15, 0.2) is 0 Å². The van der Waals surface area contributed by atoms with Crippen LogP contribution in [-0.2, 0) is 21.0 Å². The van der Waals surface area contributed by atoms with Crippen molar-refractivity contribution in [2.24, 2.45) is 0 Å². The number of carbonyl (C=O) groups excluding carboxylic acids is 1. The second-order valence-corrected chi connectivity index (χ2v) is 9.43. The summed E-state index contributed by atoms with van der Waals surface area (Å²) in [6.07, 6.45) is -4.71. The SMILES string of the molecule is CNC(C)=O.O=S(=O)(c1cccc(C(F)(F)F)c1)N1CCOc2ccc(-c3cc(F)ccc3F)cc21. The molecular formula is C24H21F5N2O4S. The van der Waals surface area contributed by atoms with Crippen LogP contribution in [0.15, 0.2) is 65.6 Å². The molecular weight excluding hydrogens is 507 g/mol. The van der Waals surface area contributed by atoms with Crippen molar-refractivity contribution in [2.75, 3.05) is 24.5 Å². The summed E-state index contributed by atoms with van der Waals surface area (Å²) in [6, 6.07) is 10.4. The molecule has 0 spiro atoms. The number of hydrogen-bond donors (Lipinski definition) is 1. The van der Waals surface area contributed by atoms with E-state index in [1.165, 1.54) is 25.1 Å². The van der Waals surface area contributed by atoms with Crippen LogP contribution in [0, 0.1) is 11.6 Å². The molecule has 1 aliphatic rings. The molecule has 3 aromatic carbocycles. The highest BCUT2D eigenvalue weighted by Gasteiger charge is 2.35. The molecule has 192 valence electrons. The maximum atomic E-state index is 14.2. The van der Waals surface area contributed by atoms with Crippen molar-refractivity contribution in [1.82, 2.24) is 5.32 Å². The van der Waals surface area contributed by atoms with Gasteiger partial charge >= 0.3 is 6.18 Å². The monoisotopic (exact) mass is 528 g/mol. The third-order valence-corrected chi connectivity index (χ3v) is 6.93. The number of ether oxygens (including phenoxy) is 1. The van der Waals surface area contributed by atoms with Gasteiger partial charge in [0, 0.05) is 19.5 Å². The summed E-state index contributed by atoms with van der Waals surface area (Å²) in [5.74, 6) is -1.24. The van der Waals surface area contributed by atoms with Gasteiger partial charge in [0.2, 0.25) is 5.91 Å². The predicted octanol–water partition coefficient (Wildman–Crippen LogP) is 4.99. The summed E-state index contributed by atoms with van der Waals surface area (Å²) in [7, 11) is -2.79. The molecule has 0 radical (unpaired) electrons. The molecule has 0 unspecified atom stereocenters. The molecule has 1 amide bonds. The van der Waals surface area contributed by atoms with Crippen LogP contribution in [0.2, 0.25) is 0 Å². The minimum absolute atomic E-state index is 0.00463. The highest BCUT2D eigenvalue weighted by molar-refractivity contribution is 7.92. The Morgan fingerprint density at radius 1 is 1.03 bits per heavy atom. The first kappa shape index (κ1) is 26.9. The van der Waals surface area contributed by atoms with E-state index in [-0.39, 0.29) is 41.6 Å². The van der Waals surface area contributed by atoms with E-state index in [1.54, 1.807) is 7.05 Å². The third kappa shape index (κ3) is 5.93. The zero-order chi connectivity index (χ0) is 26.7. The summed E-state index contributed by atoms with van der Waals surface area (Å²) >= 11 is 0. The van der Waals surface area contributed by atoms with Gasteiger partial charge in [-0.1, -0.05) is 12.1 Å². The summed E-state index contributed by atoms with van der Waals surface area (Å²) in [6.45, 7) is 1.28. The minimum Gasteiger partial charge on any atom is -0.489 e. The fraction of sp³-hybridized carbons (Fsp3) is 0.208. The number of rotatable bonds is 3. The third-order valence-electron chi connectivity index (χ3n) is 5.12. The van der Waals surface area contributed by atoms with Crippen LogP contribution >= 0.6 is 0 Å². The second-order valence-electron chi connectivity index (χ2n) is 7.56. The van der Waals surface area contributed by atoms with Crippen LogP contribution in [-0.4, -0.2) is 34.5 Å². The highest BCUT2D eigenvalue weighted by Crippen LogP contribution is 2.40. The van der Waals surface area contributed by atoms with Gasteiger partial charge in [0.05, 0.1) is 22.7 Å². The molecule has 12 heteroatoms. The summed E-state index contributed by atoms with van der Waals surface area (Å²) in [5, 5.41) is 2.39. The largest absolute Gasteiger partial charge is 0.489 e. The first-order valence-corrected chi connectivity index (χ1v) is 11.9. The van der Waals surface area contributed by atoms with Crippen molar-refractivity contribution in [3.63, 3.8) is 0 Å². The van der Waals surface area contributed by atoms with Crippen molar-refractivity contribution in [2.45, 2.75) is 18.0 Å². The Balaban J connectivity index is 0.000000658. The van der Waals surface area contributed by atoms with Crippen LogP contribution in [0.1, 0.15) is 12.5 Å². The van der Waals surface area contributed by atoms with E-state index in [0.29, 0.717) is 6.07 Å². The summed E-state index contributed by atoms with van der Waals surface area (Å²) < 4.78 is 99.7. The Morgan fingerprint density at radius 3 is 2.36 bits per heavy atom. The molecule has 1 N–H and O–H groups in total. The summed E-state index contributed by atoms with van der Waals surface area (Å²) in [5.41, 5.74) is -0.988. The number of hydrogen-bond acceptors (Lipinski definition) is 4. The Labute approximate surface area is 204 Å². The molecule has 0 saturated heterocycles. The molecule has 4 rings (SSSR count). The van der Waals surface area contributed by atoms with Crippen LogP contribution in [0.5, 0.6) is 5.75 Å². The number of carbonyl (C=O) groups is 1. The lowest BCUT2D eigenvalue weighted by Crippen LogP contribution is -2.38. The van der Waals surface area contributed by atoms with Crippen molar-refractivity contribution in [3.05, 3.63) is 77.9 Å². The van der Waals surface area contributed by atoms with E-state index in [0.717, 1.165) is 40.7 Å². The Hall–Kier alpha value is -3.67. The quantitative estimate of drug-likeness (QED) is 0.486. The highest BCUT2D eigenvalue weighted by atomic mass is 32.2. The zero-order valence-electron chi connectivity index (χ0n) is 19.1. The lowest BCUT2D eigenvalue weighted by molar-refractivity contribution is -0.137. The van der Waals surface area contributed by atoms with E-state index < -0.39 is 38.3 Å². The van der Waals surface area contributed by atoms with E-state index in [9.17, 15) is 35.2 Å². The topological polar surface area (TPSA) is 75.7 Å². The predicted molar refractivity (Wildman–Crippen MR) is 123 cm³/mol. The van der Waals surface area contributed by atoms with E-state index in [1.807, 2.05) is 0 Å². The second kappa shape index (κ2) is 10.5. The lowest BCUT2D eigenvalue weighted by Gasteiger charge is -2.31. The first-order valence-electron chi connectivity index (χ1n) is 10.4. The fourth-order valence-corrected chi connectivity index (χ4v) is 4.79. The van der Waals surface area contributed by atoms with E-state index in [4.69, 9.17) is 4.74 Å². The maximum absolute atomic E-state index is 14.2. The van der Waals surface area contributed by atoms with Crippen molar-refractivity contribution in [1.29, 1.82) is 0 Å². The van der Waals surface area contributed by atoms with Gasteiger partial charge in [-0.3, -0.25) is 9.10 Å². The van der Waals surface area contributed by atoms with Gasteiger partial charge in [-0.05, 0) is 54.1 Å². The van der Waals surface area contributed by atoms with E-state index in [2.05, 4.69) is 5.32 Å². The standard InChI is InChI=1S/C21H14F5NO3S.C3H7NO/c22-15-5-6-18(23)17(12-15)13-4-7-20-19(10-13)27(8-9-30-20)31(28,29)16-3-1-2-14(11-16)21(24,25)26;1-3(5)4-2/h1-7,10-12H,8-9H2;1-2H3,(H,4,5). The number of benzene rings is 3. The number of anilines is 1. The molecule has 0 atom stereocenters. The van der Waals surface area contributed by atoms with Gasteiger partial charge in [0.25, 0.3) is 10.0 Å². The Kier molecular flexibility index (Phi) is 7.87. The number of alkyl halides is 3.